The molecule has 0 bridgehead atoms. The van der Waals surface area contributed by atoms with Gasteiger partial charge in [-0.15, -0.1) is 0 Å². The summed E-state index contributed by atoms with van der Waals surface area (Å²) in [6.07, 6.45) is 1.16. The van der Waals surface area contributed by atoms with E-state index in [0.29, 0.717) is 5.39 Å². The first-order valence-electron chi connectivity index (χ1n) is 8.10. The van der Waals surface area contributed by atoms with E-state index < -0.39 is 17.0 Å². The maximum atomic E-state index is 12.5. The van der Waals surface area contributed by atoms with Crippen LogP contribution < -0.4 is 11.3 Å². The van der Waals surface area contributed by atoms with Crippen LogP contribution in [0.3, 0.4) is 0 Å². The second kappa shape index (κ2) is 5.40. The van der Waals surface area contributed by atoms with Crippen molar-refractivity contribution in [1.82, 2.24) is 0 Å². The third kappa shape index (κ3) is 2.11. The summed E-state index contributed by atoms with van der Waals surface area (Å²) in [5, 5.41) is 30.3. The molecule has 28 heavy (non-hydrogen) atoms. The Morgan fingerprint density at radius 2 is 1.36 bits per heavy atom. The standard InChI is InChI=1S/C20H10O8/c21-8-1-3-10-13(5-8)27-19(24)15(17(10)23)12-7-26-18-11-4-2-9(22)6-14(11)28-20(25)16(12)18/h1-7,21-23H. The van der Waals surface area contributed by atoms with Crippen LogP contribution in [0, 0.1) is 0 Å². The Balaban J connectivity index is 1.90. The van der Waals surface area contributed by atoms with Crippen molar-refractivity contribution in [1.29, 1.82) is 0 Å². The number of hydrogen-bond acceptors (Lipinski definition) is 8. The van der Waals surface area contributed by atoms with Crippen LogP contribution in [0.4, 0.5) is 0 Å². The van der Waals surface area contributed by atoms with Gasteiger partial charge in [-0.2, -0.15) is 0 Å². The fourth-order valence-electron chi connectivity index (χ4n) is 3.29. The quantitative estimate of drug-likeness (QED) is 0.378. The lowest BCUT2D eigenvalue weighted by molar-refractivity contribution is 0.464. The van der Waals surface area contributed by atoms with Crippen LogP contribution >= 0.6 is 0 Å². The third-order valence-corrected chi connectivity index (χ3v) is 4.54. The Bertz CT molecular complexity index is 1530. The fraction of sp³-hybridized carbons (Fsp3) is 0. The zero-order chi connectivity index (χ0) is 19.6. The predicted octanol–water partition coefficient (Wildman–Crippen LogP) is 3.43. The highest BCUT2D eigenvalue weighted by Gasteiger charge is 2.24. The van der Waals surface area contributed by atoms with Crippen LogP contribution in [0.1, 0.15) is 0 Å². The monoisotopic (exact) mass is 378 g/mol. The summed E-state index contributed by atoms with van der Waals surface area (Å²) in [6, 6.07) is 8.09. The largest absolute Gasteiger partial charge is 0.508 e. The second-order valence-corrected chi connectivity index (χ2v) is 6.22. The van der Waals surface area contributed by atoms with E-state index in [9.17, 15) is 24.9 Å². The molecule has 0 radical (unpaired) electrons. The Labute approximate surface area is 154 Å². The highest BCUT2D eigenvalue weighted by molar-refractivity contribution is 6.08. The Morgan fingerprint density at radius 3 is 2.07 bits per heavy atom. The number of phenols is 2. The predicted molar refractivity (Wildman–Crippen MR) is 98.7 cm³/mol. The lowest BCUT2D eigenvalue weighted by Gasteiger charge is -2.05. The number of rotatable bonds is 1. The SMILES string of the molecule is O=c1oc2cc(O)ccc2c(O)c1-c1coc2c1c(=O)oc1cc(O)ccc12. The van der Waals surface area contributed by atoms with E-state index in [4.69, 9.17) is 13.3 Å². The Hall–Kier alpha value is -4.20. The average Bonchev–Trinajstić information content (AvgIpc) is 3.06. The summed E-state index contributed by atoms with van der Waals surface area (Å²) in [6.45, 7) is 0. The van der Waals surface area contributed by atoms with E-state index in [1.165, 1.54) is 36.4 Å². The van der Waals surface area contributed by atoms with Crippen molar-refractivity contribution >= 4 is 32.9 Å². The summed E-state index contributed by atoms with van der Waals surface area (Å²) < 4.78 is 15.9. The lowest BCUT2D eigenvalue weighted by Crippen LogP contribution is -2.06. The van der Waals surface area contributed by atoms with Gasteiger partial charge in [0.25, 0.3) is 0 Å². The molecule has 0 spiro atoms. The van der Waals surface area contributed by atoms with Gasteiger partial charge in [-0.3, -0.25) is 0 Å². The first-order chi connectivity index (χ1) is 13.4. The number of benzene rings is 2. The number of furan rings is 1. The van der Waals surface area contributed by atoms with E-state index in [1.54, 1.807) is 0 Å². The molecule has 0 aliphatic heterocycles. The molecule has 0 aliphatic carbocycles. The van der Waals surface area contributed by atoms with Crippen molar-refractivity contribution in [3.8, 4) is 28.4 Å². The van der Waals surface area contributed by atoms with Gasteiger partial charge in [-0.25, -0.2) is 9.59 Å². The molecule has 0 atom stereocenters. The fourth-order valence-corrected chi connectivity index (χ4v) is 3.29. The van der Waals surface area contributed by atoms with Gasteiger partial charge < -0.3 is 28.6 Å². The van der Waals surface area contributed by atoms with Gasteiger partial charge in [0.1, 0.15) is 45.6 Å². The van der Waals surface area contributed by atoms with Crippen molar-refractivity contribution < 1.29 is 28.6 Å². The number of fused-ring (bicyclic) bond motifs is 4. The van der Waals surface area contributed by atoms with Gasteiger partial charge in [0.2, 0.25) is 0 Å². The van der Waals surface area contributed by atoms with Crippen LogP contribution in [0.25, 0.3) is 44.0 Å². The van der Waals surface area contributed by atoms with Crippen LogP contribution in [-0.4, -0.2) is 15.3 Å². The van der Waals surface area contributed by atoms with Gasteiger partial charge in [-0.05, 0) is 24.3 Å². The molecule has 0 saturated heterocycles. The molecule has 8 nitrogen and oxygen atoms in total. The minimum absolute atomic E-state index is 0.00740. The van der Waals surface area contributed by atoms with Crippen LogP contribution in [0.15, 0.2) is 65.5 Å². The number of phenolic OH excluding ortho intramolecular Hbond substituents is 2. The van der Waals surface area contributed by atoms with Gasteiger partial charge in [0, 0.05) is 17.7 Å². The first-order valence-corrected chi connectivity index (χ1v) is 8.10. The van der Waals surface area contributed by atoms with Gasteiger partial charge in [-0.1, -0.05) is 0 Å². The first kappa shape index (κ1) is 16.0. The smallest absolute Gasteiger partial charge is 0.348 e. The number of hydrogen-bond donors (Lipinski definition) is 3. The molecule has 3 N–H and O–H groups in total. The van der Waals surface area contributed by atoms with Crippen molar-refractivity contribution in [3.05, 3.63) is 63.5 Å². The molecule has 8 heteroatoms. The molecule has 0 amide bonds. The summed E-state index contributed by atoms with van der Waals surface area (Å²) in [7, 11) is 0. The van der Waals surface area contributed by atoms with E-state index in [1.807, 2.05) is 0 Å². The zero-order valence-electron chi connectivity index (χ0n) is 13.9. The molecular weight excluding hydrogens is 368 g/mol. The van der Waals surface area contributed by atoms with Crippen molar-refractivity contribution in [2.45, 2.75) is 0 Å². The molecule has 0 fully saturated rings. The third-order valence-electron chi connectivity index (χ3n) is 4.54. The molecule has 0 saturated carbocycles. The minimum Gasteiger partial charge on any atom is -0.508 e. The van der Waals surface area contributed by atoms with Gasteiger partial charge >= 0.3 is 11.3 Å². The summed E-state index contributed by atoms with van der Waals surface area (Å²) in [5.41, 5.74) is -1.71. The van der Waals surface area contributed by atoms with Gasteiger partial charge in [0.05, 0.1) is 10.8 Å². The van der Waals surface area contributed by atoms with E-state index in [0.717, 1.165) is 6.26 Å². The van der Waals surface area contributed by atoms with E-state index in [2.05, 4.69) is 0 Å². The van der Waals surface area contributed by atoms with Crippen molar-refractivity contribution in [2.75, 3.05) is 0 Å². The molecule has 0 aliphatic rings. The molecule has 3 heterocycles. The summed E-state index contributed by atoms with van der Waals surface area (Å²) in [4.78, 5) is 25.0. The summed E-state index contributed by atoms with van der Waals surface area (Å²) in [5.74, 6) is -0.635. The molecule has 138 valence electrons. The van der Waals surface area contributed by atoms with Crippen molar-refractivity contribution in [2.24, 2.45) is 0 Å². The lowest BCUT2D eigenvalue weighted by atomic mass is 10.0. The topological polar surface area (TPSA) is 134 Å². The minimum atomic E-state index is -0.913. The summed E-state index contributed by atoms with van der Waals surface area (Å²) >= 11 is 0. The molecule has 0 unspecified atom stereocenters. The van der Waals surface area contributed by atoms with Crippen LogP contribution in [0.5, 0.6) is 17.2 Å². The highest BCUT2D eigenvalue weighted by atomic mass is 16.4. The molecule has 3 aromatic heterocycles. The van der Waals surface area contributed by atoms with E-state index in [-0.39, 0.29) is 50.1 Å². The number of aromatic hydroxyl groups is 3. The maximum Gasteiger partial charge on any atom is 0.348 e. The molecular formula is C20H10O8. The Morgan fingerprint density at radius 1 is 0.750 bits per heavy atom. The normalized spacial score (nSPS) is 11.6. The molecule has 5 rings (SSSR count). The highest BCUT2D eigenvalue weighted by Crippen LogP contribution is 2.39. The molecule has 2 aromatic carbocycles. The average molecular weight is 378 g/mol. The maximum absolute atomic E-state index is 12.5. The van der Waals surface area contributed by atoms with Gasteiger partial charge in [0.15, 0.2) is 5.58 Å². The van der Waals surface area contributed by atoms with E-state index >= 15 is 0 Å². The molecule has 5 aromatic rings. The van der Waals surface area contributed by atoms with Crippen LogP contribution in [0.2, 0.25) is 0 Å². The zero-order valence-corrected chi connectivity index (χ0v) is 13.9. The van der Waals surface area contributed by atoms with Crippen molar-refractivity contribution in [3.63, 3.8) is 0 Å². The van der Waals surface area contributed by atoms with Crippen LogP contribution in [-0.2, 0) is 0 Å². The second-order valence-electron chi connectivity index (χ2n) is 6.22. The Kier molecular flexibility index (Phi) is 3.09.